The average molecular weight is 361 g/mol. The van der Waals surface area contributed by atoms with Gasteiger partial charge in [0.1, 0.15) is 0 Å². The van der Waals surface area contributed by atoms with Crippen LogP contribution < -0.4 is 5.32 Å². The standard InChI is InChI=1S/C18H15BrClN/c1-12-8-17(20)6-3-15(12)11-21-18-7-4-13-9-16(19)5-2-14(13)10-18/h2-10,21H,11H2,1H3. The van der Waals surface area contributed by atoms with E-state index in [9.17, 15) is 0 Å². The Hall–Kier alpha value is -1.51. The maximum atomic E-state index is 5.99. The van der Waals surface area contributed by atoms with E-state index in [1.807, 2.05) is 12.1 Å². The molecule has 0 aliphatic carbocycles. The normalized spacial score (nSPS) is 10.8. The van der Waals surface area contributed by atoms with Crippen molar-refractivity contribution in [2.75, 3.05) is 5.32 Å². The molecule has 3 aromatic carbocycles. The predicted octanol–water partition coefficient (Wildman–Crippen LogP) is 6.18. The lowest BCUT2D eigenvalue weighted by Crippen LogP contribution is -2.01. The molecule has 0 aliphatic rings. The zero-order valence-electron chi connectivity index (χ0n) is 11.7. The van der Waals surface area contributed by atoms with Crippen LogP contribution in [0.15, 0.2) is 59.1 Å². The zero-order valence-corrected chi connectivity index (χ0v) is 14.0. The van der Waals surface area contributed by atoms with Gasteiger partial charge in [-0.05, 0) is 65.2 Å². The second-order valence-electron chi connectivity index (χ2n) is 5.13. The first kappa shape index (κ1) is 14.4. The predicted molar refractivity (Wildman–Crippen MR) is 95.2 cm³/mol. The Labute approximate surface area is 138 Å². The summed E-state index contributed by atoms with van der Waals surface area (Å²) in [5.41, 5.74) is 3.59. The molecule has 3 aromatic rings. The molecule has 0 amide bonds. The summed E-state index contributed by atoms with van der Waals surface area (Å²) in [7, 11) is 0. The van der Waals surface area contributed by atoms with E-state index in [0.717, 1.165) is 21.7 Å². The first-order chi connectivity index (χ1) is 10.1. The van der Waals surface area contributed by atoms with Crippen molar-refractivity contribution in [1.29, 1.82) is 0 Å². The summed E-state index contributed by atoms with van der Waals surface area (Å²) in [5, 5.41) is 6.72. The molecule has 0 saturated carbocycles. The quantitative estimate of drug-likeness (QED) is 0.588. The van der Waals surface area contributed by atoms with Gasteiger partial charge in [0.05, 0.1) is 0 Å². The van der Waals surface area contributed by atoms with Gasteiger partial charge < -0.3 is 5.32 Å². The Morgan fingerprint density at radius 3 is 2.52 bits per heavy atom. The third-order valence-corrected chi connectivity index (χ3v) is 4.32. The molecule has 0 bridgehead atoms. The van der Waals surface area contributed by atoms with Crippen molar-refractivity contribution in [3.05, 3.63) is 75.2 Å². The SMILES string of the molecule is Cc1cc(Cl)ccc1CNc1ccc2cc(Br)ccc2c1. The van der Waals surface area contributed by atoms with Gasteiger partial charge in [-0.25, -0.2) is 0 Å². The number of hydrogen-bond acceptors (Lipinski definition) is 1. The average Bonchev–Trinajstić information content (AvgIpc) is 2.46. The van der Waals surface area contributed by atoms with E-state index in [1.165, 1.54) is 21.9 Å². The zero-order chi connectivity index (χ0) is 14.8. The van der Waals surface area contributed by atoms with E-state index >= 15 is 0 Å². The van der Waals surface area contributed by atoms with Gasteiger partial charge in [-0.3, -0.25) is 0 Å². The summed E-state index contributed by atoms with van der Waals surface area (Å²) in [5.74, 6) is 0. The van der Waals surface area contributed by atoms with Crippen LogP contribution in [0.5, 0.6) is 0 Å². The van der Waals surface area contributed by atoms with Gasteiger partial charge in [0.25, 0.3) is 0 Å². The van der Waals surface area contributed by atoms with E-state index in [1.54, 1.807) is 0 Å². The molecular weight excluding hydrogens is 346 g/mol. The van der Waals surface area contributed by atoms with Gasteiger partial charge in [-0.1, -0.05) is 45.7 Å². The van der Waals surface area contributed by atoms with Crippen LogP contribution in [0.25, 0.3) is 10.8 Å². The maximum Gasteiger partial charge on any atom is 0.0408 e. The third-order valence-electron chi connectivity index (χ3n) is 3.59. The van der Waals surface area contributed by atoms with Crippen LogP contribution in [0.2, 0.25) is 5.02 Å². The number of hydrogen-bond donors (Lipinski definition) is 1. The van der Waals surface area contributed by atoms with Crippen molar-refractivity contribution in [3.63, 3.8) is 0 Å². The van der Waals surface area contributed by atoms with Crippen LogP contribution in [-0.4, -0.2) is 0 Å². The third kappa shape index (κ3) is 3.39. The van der Waals surface area contributed by atoms with Crippen molar-refractivity contribution in [2.45, 2.75) is 13.5 Å². The van der Waals surface area contributed by atoms with E-state index in [2.05, 4.69) is 70.6 Å². The highest BCUT2D eigenvalue weighted by molar-refractivity contribution is 9.10. The molecular formula is C18H15BrClN. The number of halogens is 2. The Kier molecular flexibility index (Phi) is 4.18. The largest absolute Gasteiger partial charge is 0.381 e. The Morgan fingerprint density at radius 1 is 0.952 bits per heavy atom. The molecule has 3 heteroatoms. The lowest BCUT2D eigenvalue weighted by atomic mass is 10.1. The van der Waals surface area contributed by atoms with Crippen molar-refractivity contribution in [2.24, 2.45) is 0 Å². The number of nitrogens with one attached hydrogen (secondary N) is 1. The molecule has 0 radical (unpaired) electrons. The van der Waals surface area contributed by atoms with E-state index in [4.69, 9.17) is 11.6 Å². The van der Waals surface area contributed by atoms with Gasteiger partial charge in [0.15, 0.2) is 0 Å². The first-order valence-corrected chi connectivity index (χ1v) is 7.97. The lowest BCUT2D eigenvalue weighted by molar-refractivity contribution is 1.12. The molecule has 0 aromatic heterocycles. The van der Waals surface area contributed by atoms with Crippen LogP contribution in [-0.2, 0) is 6.54 Å². The molecule has 1 N–H and O–H groups in total. The molecule has 0 atom stereocenters. The Morgan fingerprint density at radius 2 is 1.71 bits per heavy atom. The molecule has 1 nitrogen and oxygen atoms in total. The fourth-order valence-corrected chi connectivity index (χ4v) is 2.99. The summed E-state index contributed by atoms with van der Waals surface area (Å²) in [6.45, 7) is 2.88. The van der Waals surface area contributed by atoms with Crippen molar-refractivity contribution < 1.29 is 0 Å². The number of aryl methyl sites for hydroxylation is 1. The molecule has 106 valence electrons. The summed E-state index contributed by atoms with van der Waals surface area (Å²) >= 11 is 9.49. The summed E-state index contributed by atoms with van der Waals surface area (Å²) < 4.78 is 1.10. The number of rotatable bonds is 3. The number of benzene rings is 3. The highest BCUT2D eigenvalue weighted by Crippen LogP contribution is 2.24. The second kappa shape index (κ2) is 6.08. The van der Waals surface area contributed by atoms with Crippen LogP contribution in [0.4, 0.5) is 5.69 Å². The lowest BCUT2D eigenvalue weighted by Gasteiger charge is -2.10. The van der Waals surface area contributed by atoms with E-state index in [0.29, 0.717) is 0 Å². The molecule has 0 spiro atoms. The topological polar surface area (TPSA) is 12.0 Å². The molecule has 0 unspecified atom stereocenters. The number of fused-ring (bicyclic) bond motifs is 1. The monoisotopic (exact) mass is 359 g/mol. The highest BCUT2D eigenvalue weighted by atomic mass is 79.9. The van der Waals surface area contributed by atoms with Crippen LogP contribution in [0.1, 0.15) is 11.1 Å². The van der Waals surface area contributed by atoms with Gasteiger partial charge in [0, 0.05) is 21.7 Å². The Bertz CT molecular complexity index is 798. The Balaban J connectivity index is 1.80. The summed E-state index contributed by atoms with van der Waals surface area (Å²) in [6.07, 6.45) is 0. The molecule has 0 saturated heterocycles. The van der Waals surface area contributed by atoms with Crippen LogP contribution in [0.3, 0.4) is 0 Å². The highest BCUT2D eigenvalue weighted by Gasteiger charge is 2.01. The van der Waals surface area contributed by atoms with Gasteiger partial charge >= 0.3 is 0 Å². The molecule has 3 rings (SSSR count). The maximum absolute atomic E-state index is 5.99. The minimum absolute atomic E-state index is 0.785. The summed E-state index contributed by atoms with van der Waals surface area (Å²) in [4.78, 5) is 0. The van der Waals surface area contributed by atoms with E-state index in [-0.39, 0.29) is 0 Å². The molecule has 0 aliphatic heterocycles. The van der Waals surface area contributed by atoms with E-state index < -0.39 is 0 Å². The van der Waals surface area contributed by atoms with Crippen molar-refractivity contribution in [3.8, 4) is 0 Å². The van der Waals surface area contributed by atoms with Crippen molar-refractivity contribution >= 4 is 44.0 Å². The fourth-order valence-electron chi connectivity index (χ4n) is 2.38. The molecule has 21 heavy (non-hydrogen) atoms. The minimum atomic E-state index is 0.785. The molecule has 0 fully saturated rings. The van der Waals surface area contributed by atoms with Gasteiger partial charge in [0.2, 0.25) is 0 Å². The fraction of sp³-hybridized carbons (Fsp3) is 0.111. The minimum Gasteiger partial charge on any atom is -0.381 e. The first-order valence-electron chi connectivity index (χ1n) is 6.80. The molecule has 0 heterocycles. The number of anilines is 1. The summed E-state index contributed by atoms with van der Waals surface area (Å²) in [6, 6.07) is 18.7. The second-order valence-corrected chi connectivity index (χ2v) is 6.48. The van der Waals surface area contributed by atoms with Gasteiger partial charge in [-0.15, -0.1) is 0 Å². The van der Waals surface area contributed by atoms with Crippen LogP contribution >= 0.6 is 27.5 Å². The smallest absolute Gasteiger partial charge is 0.0408 e. The van der Waals surface area contributed by atoms with Crippen LogP contribution in [0, 0.1) is 6.92 Å². The van der Waals surface area contributed by atoms with Crippen molar-refractivity contribution in [1.82, 2.24) is 0 Å². The van der Waals surface area contributed by atoms with Gasteiger partial charge in [-0.2, -0.15) is 0 Å².